The van der Waals surface area contributed by atoms with E-state index in [1.807, 2.05) is 11.3 Å². The first-order valence-corrected chi connectivity index (χ1v) is 6.42. The van der Waals surface area contributed by atoms with Gasteiger partial charge < -0.3 is 0 Å². The lowest BCUT2D eigenvalue weighted by molar-refractivity contribution is 1.23. The van der Waals surface area contributed by atoms with Gasteiger partial charge >= 0.3 is 0 Å². The van der Waals surface area contributed by atoms with Gasteiger partial charge in [-0.25, -0.2) is 0 Å². The zero-order chi connectivity index (χ0) is 11.1. The fourth-order valence-electron chi connectivity index (χ4n) is 2.32. The molecule has 1 heterocycles. The van der Waals surface area contributed by atoms with Crippen LogP contribution < -0.4 is 0 Å². The van der Waals surface area contributed by atoms with Crippen LogP contribution in [-0.2, 0) is 6.42 Å². The van der Waals surface area contributed by atoms with E-state index in [0.717, 1.165) is 6.42 Å². The first-order chi connectivity index (χ1) is 7.75. The molecule has 1 aromatic heterocycles. The van der Waals surface area contributed by atoms with Gasteiger partial charge in [0.1, 0.15) is 0 Å². The normalized spacial score (nSPS) is 13.8. The lowest BCUT2D eigenvalue weighted by atomic mass is 10.1. The molecule has 0 saturated carbocycles. The first kappa shape index (κ1) is 9.86. The fourth-order valence-corrected chi connectivity index (χ4v) is 3.71. The predicted octanol–water partition coefficient (Wildman–Crippen LogP) is 4.68. The van der Waals surface area contributed by atoms with E-state index in [-0.39, 0.29) is 0 Å². The molecule has 0 amide bonds. The third kappa shape index (κ3) is 1.43. The Kier molecular flexibility index (Phi) is 2.22. The summed E-state index contributed by atoms with van der Waals surface area (Å²) in [7, 11) is 0. The lowest BCUT2D eigenvalue weighted by Gasteiger charge is -2.00. The topological polar surface area (TPSA) is 0 Å². The third-order valence-corrected chi connectivity index (χ3v) is 4.49. The van der Waals surface area contributed by atoms with Crippen LogP contribution in [0.15, 0.2) is 35.9 Å². The summed E-state index contributed by atoms with van der Waals surface area (Å²) in [6, 6.07) is 10.7. The summed E-state index contributed by atoms with van der Waals surface area (Å²) in [6.07, 6.45) is 3.49. The molecular formula is C15H14S. The van der Waals surface area contributed by atoms with Gasteiger partial charge in [0.2, 0.25) is 0 Å². The molecule has 1 aliphatic carbocycles. The Morgan fingerprint density at radius 1 is 1.06 bits per heavy atom. The van der Waals surface area contributed by atoms with Crippen LogP contribution >= 0.6 is 11.3 Å². The molecule has 0 N–H and O–H groups in total. The Bertz CT molecular complexity index is 559. The Morgan fingerprint density at radius 2 is 1.81 bits per heavy atom. The zero-order valence-electron chi connectivity index (χ0n) is 9.58. The molecule has 0 bridgehead atoms. The second-order valence-electron chi connectivity index (χ2n) is 4.43. The maximum Gasteiger partial charge on any atom is 0.0381 e. The lowest BCUT2D eigenvalue weighted by Crippen LogP contribution is -1.77. The van der Waals surface area contributed by atoms with Crippen LogP contribution in [0.4, 0.5) is 0 Å². The fraction of sp³-hybridized carbons (Fsp3) is 0.200. The number of rotatable bonds is 1. The summed E-state index contributed by atoms with van der Waals surface area (Å²) in [5.41, 5.74) is 5.76. The third-order valence-electron chi connectivity index (χ3n) is 3.14. The van der Waals surface area contributed by atoms with Gasteiger partial charge in [0.25, 0.3) is 0 Å². The van der Waals surface area contributed by atoms with Gasteiger partial charge in [-0.3, -0.25) is 0 Å². The Balaban J connectivity index is 2.15. The van der Waals surface area contributed by atoms with Gasteiger partial charge in [0.05, 0.1) is 0 Å². The maximum absolute atomic E-state index is 2.34. The van der Waals surface area contributed by atoms with Gasteiger partial charge in [0, 0.05) is 16.2 Å². The van der Waals surface area contributed by atoms with Gasteiger partial charge in [-0.2, -0.15) is 0 Å². The molecule has 3 rings (SSSR count). The summed E-state index contributed by atoms with van der Waals surface area (Å²) in [4.78, 5) is 2.98. The molecular weight excluding hydrogens is 212 g/mol. The molecule has 0 spiro atoms. The second kappa shape index (κ2) is 3.60. The molecule has 1 aromatic carbocycles. The molecule has 0 aliphatic heterocycles. The molecule has 0 radical (unpaired) electrons. The highest BCUT2D eigenvalue weighted by Gasteiger charge is 2.18. The van der Waals surface area contributed by atoms with Crippen molar-refractivity contribution < 1.29 is 0 Å². The van der Waals surface area contributed by atoms with Crippen molar-refractivity contribution in [2.75, 3.05) is 0 Å². The smallest absolute Gasteiger partial charge is 0.0381 e. The molecule has 0 fully saturated rings. The number of allylic oxidation sites excluding steroid dienone is 1. The maximum atomic E-state index is 2.34. The quantitative estimate of drug-likeness (QED) is 0.662. The van der Waals surface area contributed by atoms with Gasteiger partial charge in [-0.15, -0.1) is 11.3 Å². The molecule has 0 saturated heterocycles. The zero-order valence-corrected chi connectivity index (χ0v) is 10.4. The molecule has 0 unspecified atom stereocenters. The number of hydrogen-bond donors (Lipinski definition) is 0. The van der Waals surface area contributed by atoms with E-state index >= 15 is 0 Å². The average molecular weight is 226 g/mol. The number of benzene rings is 1. The Labute approximate surface area is 100 Å². The number of thiophene rings is 1. The van der Waals surface area contributed by atoms with Crippen LogP contribution in [0.1, 0.15) is 22.9 Å². The van der Waals surface area contributed by atoms with Crippen LogP contribution in [0.3, 0.4) is 0 Å². The molecule has 80 valence electrons. The van der Waals surface area contributed by atoms with Crippen molar-refractivity contribution in [3.8, 4) is 10.4 Å². The molecule has 0 atom stereocenters. The van der Waals surface area contributed by atoms with Crippen molar-refractivity contribution in [3.63, 3.8) is 0 Å². The summed E-state index contributed by atoms with van der Waals surface area (Å²) in [5.74, 6) is 0. The Hall–Kier alpha value is -1.34. The summed E-state index contributed by atoms with van der Waals surface area (Å²) in [5, 5.41) is 0. The highest BCUT2D eigenvalue weighted by molar-refractivity contribution is 7.16. The van der Waals surface area contributed by atoms with Crippen molar-refractivity contribution in [1.82, 2.24) is 0 Å². The van der Waals surface area contributed by atoms with Crippen LogP contribution in [0.25, 0.3) is 16.5 Å². The van der Waals surface area contributed by atoms with E-state index in [1.54, 1.807) is 0 Å². The minimum atomic E-state index is 1.15. The minimum Gasteiger partial charge on any atom is -0.139 e. The highest BCUT2D eigenvalue weighted by Crippen LogP contribution is 2.41. The van der Waals surface area contributed by atoms with E-state index in [1.165, 1.54) is 32.0 Å². The average Bonchev–Trinajstić information content (AvgIpc) is 2.79. The number of fused-ring (bicyclic) bond motifs is 1. The summed E-state index contributed by atoms with van der Waals surface area (Å²) < 4.78 is 0. The van der Waals surface area contributed by atoms with Crippen LogP contribution in [-0.4, -0.2) is 0 Å². The molecule has 16 heavy (non-hydrogen) atoms. The highest BCUT2D eigenvalue weighted by atomic mass is 32.1. The molecule has 1 aliphatic rings. The van der Waals surface area contributed by atoms with E-state index in [0.29, 0.717) is 0 Å². The van der Waals surface area contributed by atoms with Crippen molar-refractivity contribution in [2.24, 2.45) is 0 Å². The molecule has 1 heteroatoms. The second-order valence-corrected chi connectivity index (χ2v) is 5.53. The van der Waals surface area contributed by atoms with Crippen molar-refractivity contribution in [1.29, 1.82) is 0 Å². The standard InChI is InChI=1S/C15H14S/c1-10-8-13-11(2)15(16-14(13)9-10)12-6-4-3-5-7-12/h3-8H,9H2,1-2H3. The van der Waals surface area contributed by atoms with Crippen molar-refractivity contribution >= 4 is 17.4 Å². The van der Waals surface area contributed by atoms with Gasteiger partial charge in [-0.1, -0.05) is 42.0 Å². The van der Waals surface area contributed by atoms with E-state index in [2.05, 4.69) is 50.3 Å². The van der Waals surface area contributed by atoms with Crippen LogP contribution in [0.5, 0.6) is 0 Å². The van der Waals surface area contributed by atoms with Crippen LogP contribution in [0.2, 0.25) is 0 Å². The summed E-state index contributed by atoms with van der Waals surface area (Å²) in [6.45, 7) is 4.46. The first-order valence-electron chi connectivity index (χ1n) is 5.60. The van der Waals surface area contributed by atoms with E-state index in [4.69, 9.17) is 0 Å². The van der Waals surface area contributed by atoms with Crippen LogP contribution in [0, 0.1) is 6.92 Å². The predicted molar refractivity (Wildman–Crippen MR) is 71.8 cm³/mol. The monoisotopic (exact) mass is 226 g/mol. The number of hydrogen-bond acceptors (Lipinski definition) is 1. The van der Waals surface area contributed by atoms with E-state index < -0.39 is 0 Å². The molecule has 2 aromatic rings. The van der Waals surface area contributed by atoms with Gasteiger partial charge in [0.15, 0.2) is 0 Å². The largest absolute Gasteiger partial charge is 0.139 e. The minimum absolute atomic E-state index is 1.15. The molecule has 0 nitrogen and oxygen atoms in total. The van der Waals surface area contributed by atoms with Crippen molar-refractivity contribution in [2.45, 2.75) is 20.3 Å². The van der Waals surface area contributed by atoms with Gasteiger partial charge in [-0.05, 0) is 30.5 Å². The van der Waals surface area contributed by atoms with Crippen molar-refractivity contribution in [3.05, 3.63) is 51.9 Å². The SMILES string of the molecule is CC1=Cc2c(sc(-c3ccccc3)c2C)C1. The summed E-state index contributed by atoms with van der Waals surface area (Å²) >= 11 is 1.95. The van der Waals surface area contributed by atoms with E-state index in [9.17, 15) is 0 Å². The Morgan fingerprint density at radius 3 is 2.50 bits per heavy atom.